The van der Waals surface area contributed by atoms with E-state index in [9.17, 15) is 15.3 Å². The van der Waals surface area contributed by atoms with Crippen molar-refractivity contribution in [3.63, 3.8) is 0 Å². The van der Waals surface area contributed by atoms with Gasteiger partial charge in [0, 0.05) is 0 Å². The Morgan fingerprint density at radius 2 is 0.561 bits per heavy atom. The summed E-state index contributed by atoms with van der Waals surface area (Å²) in [4.78, 5) is 0. The van der Waals surface area contributed by atoms with E-state index in [1.165, 1.54) is 148 Å². The summed E-state index contributed by atoms with van der Waals surface area (Å²) < 4.78 is 0. The molecule has 0 heterocycles. The molecule has 0 saturated carbocycles. The van der Waals surface area contributed by atoms with E-state index in [0.29, 0.717) is 19.3 Å². The summed E-state index contributed by atoms with van der Waals surface area (Å²) in [5.41, 5.74) is -1.35. The van der Waals surface area contributed by atoms with Crippen molar-refractivity contribution < 1.29 is 15.3 Å². The highest BCUT2D eigenvalue weighted by Crippen LogP contribution is 2.30. The third kappa shape index (κ3) is 25.0. The molecule has 0 saturated heterocycles. The van der Waals surface area contributed by atoms with Gasteiger partial charge in [0.05, 0.1) is 12.2 Å². The van der Waals surface area contributed by atoms with Crippen LogP contribution in [-0.4, -0.2) is 33.1 Å². The Kier molecular flexibility index (Phi) is 31.2. The quantitative estimate of drug-likeness (QED) is 0.0661. The molecule has 3 N–H and O–H groups in total. The number of aliphatic hydroxyl groups is 3. The van der Waals surface area contributed by atoms with Crippen LogP contribution in [0.2, 0.25) is 0 Å². The van der Waals surface area contributed by atoms with Crippen molar-refractivity contribution >= 4 is 0 Å². The van der Waals surface area contributed by atoms with E-state index >= 15 is 0 Å². The highest BCUT2D eigenvalue weighted by Gasteiger charge is 2.41. The molecular weight excluding hydrogens is 504 g/mol. The number of rotatable bonds is 34. The first-order valence-electron chi connectivity index (χ1n) is 19.1. The van der Waals surface area contributed by atoms with Crippen molar-refractivity contribution in [2.75, 3.05) is 0 Å². The fourth-order valence-corrected chi connectivity index (χ4v) is 6.42. The second kappa shape index (κ2) is 31.3. The van der Waals surface area contributed by atoms with Crippen LogP contribution in [0.3, 0.4) is 0 Å². The topological polar surface area (TPSA) is 60.7 Å². The van der Waals surface area contributed by atoms with E-state index in [4.69, 9.17) is 0 Å². The number of hydrogen-bond donors (Lipinski definition) is 3. The highest BCUT2D eigenvalue weighted by atomic mass is 16.4. The monoisotopic (exact) mass is 583 g/mol. The molecule has 248 valence electrons. The van der Waals surface area contributed by atoms with Gasteiger partial charge in [-0.1, -0.05) is 207 Å². The lowest BCUT2D eigenvalue weighted by molar-refractivity contribution is -0.156. The van der Waals surface area contributed by atoms with Gasteiger partial charge in [0.1, 0.15) is 5.60 Å². The Bertz CT molecular complexity index is 496. The third-order valence-corrected chi connectivity index (χ3v) is 9.50. The van der Waals surface area contributed by atoms with E-state index in [2.05, 4.69) is 20.8 Å². The molecule has 0 radical (unpaired) electrons. The lowest BCUT2D eigenvalue weighted by atomic mass is 9.80. The molecule has 0 aromatic carbocycles. The normalized spacial score (nSPS) is 14.8. The number of aliphatic hydroxyl groups excluding tert-OH is 2. The summed E-state index contributed by atoms with van der Waals surface area (Å²) in [5.74, 6) is 0. The zero-order chi connectivity index (χ0) is 30.3. The SMILES string of the molecule is CCCCCCCCCCCCCCCC(O)(C(O)CCCCCCCCC)C(O)CCCCCCCCCCC. The lowest BCUT2D eigenvalue weighted by Gasteiger charge is -2.38. The van der Waals surface area contributed by atoms with Gasteiger partial charge in [0.2, 0.25) is 0 Å². The van der Waals surface area contributed by atoms with Gasteiger partial charge in [-0.3, -0.25) is 0 Å². The first-order chi connectivity index (χ1) is 20.0. The molecule has 3 atom stereocenters. The molecule has 3 heteroatoms. The molecule has 0 bridgehead atoms. The molecule has 0 amide bonds. The van der Waals surface area contributed by atoms with E-state index in [0.717, 1.165) is 38.5 Å². The maximum atomic E-state index is 11.6. The Morgan fingerprint density at radius 3 is 0.829 bits per heavy atom. The summed E-state index contributed by atoms with van der Waals surface area (Å²) >= 11 is 0. The molecule has 3 unspecified atom stereocenters. The lowest BCUT2D eigenvalue weighted by Crippen LogP contribution is -2.52. The zero-order valence-corrected chi connectivity index (χ0v) is 28.6. The van der Waals surface area contributed by atoms with Crippen molar-refractivity contribution in [2.24, 2.45) is 0 Å². The Balaban J connectivity index is 4.35. The average Bonchev–Trinajstić information content (AvgIpc) is 2.97. The molecule has 0 rings (SSSR count). The fourth-order valence-electron chi connectivity index (χ4n) is 6.42. The zero-order valence-electron chi connectivity index (χ0n) is 28.6. The van der Waals surface area contributed by atoms with Gasteiger partial charge < -0.3 is 15.3 Å². The van der Waals surface area contributed by atoms with Crippen LogP contribution in [-0.2, 0) is 0 Å². The van der Waals surface area contributed by atoms with Crippen molar-refractivity contribution in [3.05, 3.63) is 0 Å². The second-order valence-electron chi connectivity index (χ2n) is 13.5. The minimum Gasteiger partial charge on any atom is -0.390 e. The van der Waals surface area contributed by atoms with Crippen molar-refractivity contribution in [1.82, 2.24) is 0 Å². The molecule has 41 heavy (non-hydrogen) atoms. The maximum absolute atomic E-state index is 11.6. The summed E-state index contributed by atoms with van der Waals surface area (Å²) in [6.07, 6.45) is 36.6. The van der Waals surface area contributed by atoms with Crippen LogP contribution in [0.25, 0.3) is 0 Å². The number of unbranched alkanes of at least 4 members (excludes halogenated alkanes) is 26. The van der Waals surface area contributed by atoms with Crippen LogP contribution < -0.4 is 0 Å². The van der Waals surface area contributed by atoms with Crippen LogP contribution in [0.1, 0.15) is 226 Å². The summed E-state index contributed by atoms with van der Waals surface area (Å²) in [6, 6.07) is 0. The molecule has 0 aliphatic heterocycles. The van der Waals surface area contributed by atoms with Crippen molar-refractivity contribution in [2.45, 2.75) is 244 Å². The Labute approximate surface area is 259 Å². The fraction of sp³-hybridized carbons (Fsp3) is 1.00. The first-order valence-corrected chi connectivity index (χ1v) is 19.1. The summed E-state index contributed by atoms with van der Waals surface area (Å²) in [6.45, 7) is 6.78. The van der Waals surface area contributed by atoms with Crippen molar-refractivity contribution in [1.29, 1.82) is 0 Å². The van der Waals surface area contributed by atoms with Crippen LogP contribution in [0.5, 0.6) is 0 Å². The summed E-state index contributed by atoms with van der Waals surface area (Å²) in [5, 5.41) is 33.8. The first kappa shape index (κ1) is 40.9. The van der Waals surface area contributed by atoms with Crippen LogP contribution in [0.4, 0.5) is 0 Å². The van der Waals surface area contributed by atoms with Gasteiger partial charge >= 0.3 is 0 Å². The standard InChI is InChI=1S/C38H78O3/c1-4-7-10-13-16-18-19-20-21-23-26-29-32-35-38(41,36(39)33-30-27-24-15-12-9-6-3)37(40)34-31-28-25-22-17-14-11-8-5-2/h36-37,39-41H,4-35H2,1-3H3. The molecule has 3 nitrogen and oxygen atoms in total. The van der Waals surface area contributed by atoms with Gasteiger partial charge in [-0.05, 0) is 19.3 Å². The van der Waals surface area contributed by atoms with Crippen molar-refractivity contribution in [3.8, 4) is 0 Å². The molecule has 0 aliphatic carbocycles. The smallest absolute Gasteiger partial charge is 0.116 e. The van der Waals surface area contributed by atoms with Crippen LogP contribution in [0.15, 0.2) is 0 Å². The molecule has 0 spiro atoms. The second-order valence-corrected chi connectivity index (χ2v) is 13.5. The highest BCUT2D eigenvalue weighted by molar-refractivity contribution is 4.93. The van der Waals surface area contributed by atoms with E-state index < -0.39 is 17.8 Å². The largest absolute Gasteiger partial charge is 0.390 e. The minimum atomic E-state index is -1.35. The van der Waals surface area contributed by atoms with Crippen LogP contribution >= 0.6 is 0 Å². The molecule has 0 fully saturated rings. The third-order valence-electron chi connectivity index (χ3n) is 9.50. The van der Waals surface area contributed by atoms with Gasteiger partial charge in [0.25, 0.3) is 0 Å². The van der Waals surface area contributed by atoms with Gasteiger partial charge in [-0.15, -0.1) is 0 Å². The number of hydrogen-bond acceptors (Lipinski definition) is 3. The Morgan fingerprint density at radius 1 is 0.341 bits per heavy atom. The average molecular weight is 583 g/mol. The molecule has 0 aromatic rings. The van der Waals surface area contributed by atoms with Gasteiger partial charge in [-0.2, -0.15) is 0 Å². The van der Waals surface area contributed by atoms with Gasteiger partial charge in [0.15, 0.2) is 0 Å². The van der Waals surface area contributed by atoms with E-state index in [1.807, 2.05) is 0 Å². The maximum Gasteiger partial charge on any atom is 0.116 e. The van der Waals surface area contributed by atoms with Crippen LogP contribution in [0, 0.1) is 0 Å². The summed E-state index contributed by atoms with van der Waals surface area (Å²) in [7, 11) is 0. The Hall–Kier alpha value is -0.120. The molecule has 0 aliphatic rings. The predicted molar refractivity (Wildman–Crippen MR) is 182 cm³/mol. The predicted octanol–water partition coefficient (Wildman–Crippen LogP) is 12.0. The van der Waals surface area contributed by atoms with E-state index in [-0.39, 0.29) is 0 Å². The minimum absolute atomic E-state index is 0.529. The van der Waals surface area contributed by atoms with Gasteiger partial charge in [-0.25, -0.2) is 0 Å². The molecule has 0 aromatic heterocycles. The van der Waals surface area contributed by atoms with E-state index in [1.54, 1.807) is 0 Å². The molecular formula is C38H78O3.